The molecule has 1 nitrogen and oxygen atoms in total. The summed E-state index contributed by atoms with van der Waals surface area (Å²) in [5.41, 5.74) is 0. The van der Waals surface area contributed by atoms with E-state index in [0.717, 1.165) is 23.8 Å². The Morgan fingerprint density at radius 2 is 1.87 bits per heavy atom. The van der Waals surface area contributed by atoms with Crippen LogP contribution in [0.2, 0.25) is 0 Å². The molecule has 90 valence electrons. The molecule has 1 rings (SSSR count). The summed E-state index contributed by atoms with van der Waals surface area (Å²) in [7, 11) is 0. The largest absolute Gasteiger partial charge is 0.311 e. The molecule has 0 radical (unpaired) electrons. The second-order valence-electron chi connectivity index (χ2n) is 5.84. The molecular weight excluding hydrogens is 182 g/mol. The molecule has 1 fully saturated rings. The summed E-state index contributed by atoms with van der Waals surface area (Å²) in [6, 6.07) is 1.45. The normalized spacial score (nSPS) is 36.2. The average Bonchev–Trinajstić information content (AvgIpc) is 2.20. The lowest BCUT2D eigenvalue weighted by Gasteiger charge is -2.36. The zero-order chi connectivity index (χ0) is 11.4. The van der Waals surface area contributed by atoms with Gasteiger partial charge >= 0.3 is 0 Å². The Bertz CT molecular complexity index is 178. The third kappa shape index (κ3) is 3.79. The summed E-state index contributed by atoms with van der Waals surface area (Å²) in [6.45, 7) is 11.8. The molecule has 1 aliphatic carbocycles. The van der Waals surface area contributed by atoms with Gasteiger partial charge in [-0.25, -0.2) is 0 Å². The van der Waals surface area contributed by atoms with E-state index in [2.05, 4.69) is 39.9 Å². The highest BCUT2D eigenvalue weighted by atomic mass is 15.0. The van der Waals surface area contributed by atoms with E-state index in [1.165, 1.54) is 25.7 Å². The molecule has 1 N–H and O–H groups in total. The summed E-state index contributed by atoms with van der Waals surface area (Å²) in [5, 5.41) is 3.84. The molecule has 0 aromatic carbocycles. The SMILES string of the molecule is CCC(C)C(C)NC1CCC(C)CC1C. The van der Waals surface area contributed by atoms with Crippen molar-refractivity contribution in [1.82, 2.24) is 5.32 Å². The molecular formula is C14H29N. The maximum atomic E-state index is 3.84. The Hall–Kier alpha value is -0.0400. The monoisotopic (exact) mass is 211 g/mol. The summed E-state index contributed by atoms with van der Waals surface area (Å²) in [6.07, 6.45) is 5.48. The zero-order valence-corrected chi connectivity index (χ0v) is 11.2. The van der Waals surface area contributed by atoms with Crippen LogP contribution in [0.15, 0.2) is 0 Å². The minimum atomic E-state index is 0.677. The van der Waals surface area contributed by atoms with Crippen molar-refractivity contribution < 1.29 is 0 Å². The highest BCUT2D eigenvalue weighted by Gasteiger charge is 2.26. The molecule has 0 aliphatic heterocycles. The predicted molar refractivity (Wildman–Crippen MR) is 68.0 cm³/mol. The summed E-state index contributed by atoms with van der Waals surface area (Å²) in [5.74, 6) is 2.61. The standard InChI is InChI=1S/C14H29N/c1-6-11(3)13(5)15-14-8-7-10(2)9-12(14)4/h10-15H,6-9H2,1-5H3. The van der Waals surface area contributed by atoms with E-state index in [1.54, 1.807) is 0 Å². The molecule has 0 spiro atoms. The van der Waals surface area contributed by atoms with Crippen LogP contribution >= 0.6 is 0 Å². The van der Waals surface area contributed by atoms with Gasteiger partial charge in [0, 0.05) is 12.1 Å². The number of rotatable bonds is 4. The van der Waals surface area contributed by atoms with E-state index in [4.69, 9.17) is 0 Å². The molecule has 1 saturated carbocycles. The maximum absolute atomic E-state index is 3.84. The summed E-state index contributed by atoms with van der Waals surface area (Å²) < 4.78 is 0. The lowest BCUT2D eigenvalue weighted by Crippen LogP contribution is -2.45. The van der Waals surface area contributed by atoms with Gasteiger partial charge in [-0.05, 0) is 43.9 Å². The Balaban J connectivity index is 2.37. The molecule has 5 atom stereocenters. The molecule has 0 saturated heterocycles. The van der Waals surface area contributed by atoms with Crippen LogP contribution in [0.4, 0.5) is 0 Å². The topological polar surface area (TPSA) is 12.0 Å². The minimum absolute atomic E-state index is 0.677. The van der Waals surface area contributed by atoms with Crippen molar-refractivity contribution in [3.05, 3.63) is 0 Å². The fourth-order valence-electron chi connectivity index (χ4n) is 2.77. The van der Waals surface area contributed by atoms with Gasteiger partial charge in [0.2, 0.25) is 0 Å². The van der Waals surface area contributed by atoms with Crippen molar-refractivity contribution in [2.45, 2.75) is 72.4 Å². The van der Waals surface area contributed by atoms with Crippen LogP contribution in [-0.2, 0) is 0 Å². The lowest BCUT2D eigenvalue weighted by atomic mass is 9.79. The molecule has 1 aliphatic rings. The van der Waals surface area contributed by atoms with Gasteiger partial charge < -0.3 is 5.32 Å². The number of nitrogens with one attached hydrogen (secondary N) is 1. The van der Waals surface area contributed by atoms with E-state index in [-0.39, 0.29) is 0 Å². The van der Waals surface area contributed by atoms with Crippen molar-refractivity contribution in [3.8, 4) is 0 Å². The fourth-order valence-corrected chi connectivity index (χ4v) is 2.77. The first-order valence-corrected chi connectivity index (χ1v) is 6.80. The van der Waals surface area contributed by atoms with Crippen LogP contribution in [-0.4, -0.2) is 12.1 Å². The Labute approximate surface area is 96.0 Å². The predicted octanol–water partition coefficient (Wildman–Crippen LogP) is 3.84. The highest BCUT2D eigenvalue weighted by Crippen LogP contribution is 2.29. The van der Waals surface area contributed by atoms with Gasteiger partial charge in [0.1, 0.15) is 0 Å². The Morgan fingerprint density at radius 1 is 1.20 bits per heavy atom. The smallest absolute Gasteiger partial charge is 0.00954 e. The van der Waals surface area contributed by atoms with Gasteiger partial charge in [-0.3, -0.25) is 0 Å². The van der Waals surface area contributed by atoms with Gasteiger partial charge in [-0.1, -0.05) is 34.1 Å². The first kappa shape index (κ1) is 13.0. The number of hydrogen-bond donors (Lipinski definition) is 1. The van der Waals surface area contributed by atoms with Gasteiger partial charge in [-0.15, -0.1) is 0 Å². The minimum Gasteiger partial charge on any atom is -0.311 e. The molecule has 15 heavy (non-hydrogen) atoms. The van der Waals surface area contributed by atoms with Gasteiger partial charge in [0.15, 0.2) is 0 Å². The van der Waals surface area contributed by atoms with Crippen LogP contribution in [0.25, 0.3) is 0 Å². The third-order valence-corrected chi connectivity index (χ3v) is 4.41. The number of hydrogen-bond acceptors (Lipinski definition) is 1. The Morgan fingerprint density at radius 3 is 2.40 bits per heavy atom. The fraction of sp³-hybridized carbons (Fsp3) is 1.00. The maximum Gasteiger partial charge on any atom is 0.00954 e. The second kappa shape index (κ2) is 5.89. The molecule has 0 aromatic rings. The van der Waals surface area contributed by atoms with Crippen molar-refractivity contribution >= 4 is 0 Å². The van der Waals surface area contributed by atoms with Gasteiger partial charge in [0.25, 0.3) is 0 Å². The van der Waals surface area contributed by atoms with Crippen LogP contribution < -0.4 is 5.32 Å². The van der Waals surface area contributed by atoms with Crippen LogP contribution in [0.3, 0.4) is 0 Å². The molecule has 0 bridgehead atoms. The van der Waals surface area contributed by atoms with Crippen molar-refractivity contribution in [2.24, 2.45) is 17.8 Å². The third-order valence-electron chi connectivity index (χ3n) is 4.41. The van der Waals surface area contributed by atoms with Crippen molar-refractivity contribution in [3.63, 3.8) is 0 Å². The molecule has 0 aromatic heterocycles. The lowest BCUT2D eigenvalue weighted by molar-refractivity contribution is 0.201. The van der Waals surface area contributed by atoms with Crippen molar-refractivity contribution in [1.29, 1.82) is 0 Å². The Kier molecular flexibility index (Phi) is 5.11. The van der Waals surface area contributed by atoms with Crippen LogP contribution in [0, 0.1) is 17.8 Å². The molecule has 5 unspecified atom stereocenters. The second-order valence-corrected chi connectivity index (χ2v) is 5.84. The molecule has 0 amide bonds. The quantitative estimate of drug-likeness (QED) is 0.745. The summed E-state index contributed by atoms with van der Waals surface area (Å²) in [4.78, 5) is 0. The average molecular weight is 211 g/mol. The first-order chi connectivity index (χ1) is 7.04. The van der Waals surface area contributed by atoms with Crippen molar-refractivity contribution in [2.75, 3.05) is 0 Å². The van der Waals surface area contributed by atoms with E-state index < -0.39 is 0 Å². The van der Waals surface area contributed by atoms with E-state index >= 15 is 0 Å². The highest BCUT2D eigenvalue weighted by molar-refractivity contribution is 4.83. The van der Waals surface area contributed by atoms with E-state index in [0.29, 0.717) is 6.04 Å². The van der Waals surface area contributed by atoms with Gasteiger partial charge in [0.05, 0.1) is 0 Å². The van der Waals surface area contributed by atoms with Crippen LogP contribution in [0.5, 0.6) is 0 Å². The summed E-state index contributed by atoms with van der Waals surface area (Å²) >= 11 is 0. The first-order valence-electron chi connectivity index (χ1n) is 6.80. The van der Waals surface area contributed by atoms with E-state index in [1.807, 2.05) is 0 Å². The molecule has 0 heterocycles. The zero-order valence-electron chi connectivity index (χ0n) is 11.2. The molecule has 1 heteroatoms. The van der Waals surface area contributed by atoms with Gasteiger partial charge in [-0.2, -0.15) is 0 Å². The van der Waals surface area contributed by atoms with Crippen LogP contribution in [0.1, 0.15) is 60.3 Å². The van der Waals surface area contributed by atoms with E-state index in [9.17, 15) is 0 Å².